The maximum Gasteiger partial charge on any atom is 0.289 e. The van der Waals surface area contributed by atoms with Crippen molar-refractivity contribution in [3.05, 3.63) is 30.5 Å². The molecule has 2 aromatic rings. The van der Waals surface area contributed by atoms with Gasteiger partial charge in [-0.25, -0.2) is 9.55 Å². The summed E-state index contributed by atoms with van der Waals surface area (Å²) >= 11 is 0. The van der Waals surface area contributed by atoms with Gasteiger partial charge < -0.3 is 17.0 Å². The molecule has 0 aliphatic heterocycles. The number of rotatable bonds is 2. The van der Waals surface area contributed by atoms with Gasteiger partial charge in [0, 0.05) is 18.7 Å². The third-order valence-electron chi connectivity index (χ3n) is 2.35. The zero-order valence-electron chi connectivity index (χ0n) is 8.44. The van der Waals surface area contributed by atoms with Gasteiger partial charge in [0.2, 0.25) is 0 Å². The molecule has 0 atom stereocenters. The largest absolute Gasteiger partial charge is 1.00 e. The highest BCUT2D eigenvalue weighted by atomic mass is 79.9. The average Bonchev–Trinajstić information content (AvgIpc) is 2.56. The summed E-state index contributed by atoms with van der Waals surface area (Å²) in [6.07, 6.45) is 6.94. The Hall–Kier alpha value is -0.900. The molecule has 76 valence electrons. The number of aryl methyl sites for hydroxylation is 2. The van der Waals surface area contributed by atoms with Gasteiger partial charge >= 0.3 is 0 Å². The van der Waals surface area contributed by atoms with Crippen LogP contribution in [0.1, 0.15) is 19.5 Å². The van der Waals surface area contributed by atoms with E-state index in [1.807, 2.05) is 18.6 Å². The first-order valence-electron chi connectivity index (χ1n) is 4.70. The molecule has 14 heavy (non-hydrogen) atoms. The first-order valence-corrected chi connectivity index (χ1v) is 4.70. The fourth-order valence-corrected chi connectivity index (χ4v) is 1.63. The summed E-state index contributed by atoms with van der Waals surface area (Å²) in [6.45, 7) is 5.32. The van der Waals surface area contributed by atoms with Gasteiger partial charge in [0.15, 0.2) is 6.33 Å². The predicted molar refractivity (Wildman–Crippen MR) is 50.4 cm³/mol. The molecule has 0 amide bonds. The Morgan fingerprint density at radius 1 is 1.43 bits per heavy atom. The zero-order valence-corrected chi connectivity index (χ0v) is 10.0. The lowest BCUT2D eigenvalue weighted by Crippen LogP contribution is -3.00. The molecule has 3 nitrogen and oxygen atoms in total. The smallest absolute Gasteiger partial charge is 0.289 e. The molecule has 0 bridgehead atoms. The number of hydrogen-bond donors (Lipinski definition) is 0. The molecule has 0 aliphatic rings. The quantitative estimate of drug-likeness (QED) is 0.581. The van der Waals surface area contributed by atoms with Gasteiger partial charge in [0.25, 0.3) is 5.65 Å². The Morgan fingerprint density at radius 2 is 2.21 bits per heavy atom. The summed E-state index contributed by atoms with van der Waals surface area (Å²) in [6, 6.07) is 2.04. The van der Waals surface area contributed by atoms with E-state index in [9.17, 15) is 0 Å². The molecule has 0 saturated carbocycles. The highest BCUT2D eigenvalue weighted by Crippen LogP contribution is 2.03. The first kappa shape index (κ1) is 11.2. The number of imidazole rings is 1. The van der Waals surface area contributed by atoms with Crippen LogP contribution in [0.15, 0.2) is 24.8 Å². The summed E-state index contributed by atoms with van der Waals surface area (Å²) in [4.78, 5) is 4.12. The van der Waals surface area contributed by atoms with Crippen LogP contribution in [0.4, 0.5) is 0 Å². The van der Waals surface area contributed by atoms with Crippen molar-refractivity contribution >= 4 is 5.65 Å². The Balaban J connectivity index is 0.000000980. The van der Waals surface area contributed by atoms with E-state index >= 15 is 0 Å². The third kappa shape index (κ3) is 1.66. The van der Waals surface area contributed by atoms with Crippen molar-refractivity contribution in [1.29, 1.82) is 0 Å². The van der Waals surface area contributed by atoms with E-state index in [1.54, 1.807) is 0 Å². The molecule has 0 fully saturated rings. The summed E-state index contributed by atoms with van der Waals surface area (Å²) in [5.41, 5.74) is 2.53. The fraction of sp³-hybridized carbons (Fsp3) is 0.400. The van der Waals surface area contributed by atoms with Crippen molar-refractivity contribution in [2.24, 2.45) is 0 Å². The lowest BCUT2D eigenvalue weighted by Gasteiger charge is -1.89. The highest BCUT2D eigenvalue weighted by molar-refractivity contribution is 5.31. The lowest BCUT2D eigenvalue weighted by atomic mass is 10.4. The van der Waals surface area contributed by atoms with Crippen LogP contribution < -0.4 is 21.5 Å². The van der Waals surface area contributed by atoms with Crippen molar-refractivity contribution in [2.45, 2.75) is 26.8 Å². The maximum atomic E-state index is 4.12. The number of hydrogen-bond acceptors (Lipinski definition) is 1. The molecule has 0 spiro atoms. The molecule has 0 unspecified atom stereocenters. The number of halogens is 1. The van der Waals surface area contributed by atoms with Gasteiger partial charge in [-0.2, -0.15) is 4.40 Å². The van der Waals surface area contributed by atoms with Gasteiger partial charge in [-0.05, 0) is 6.92 Å². The zero-order chi connectivity index (χ0) is 9.26. The number of aromatic nitrogens is 3. The molecule has 0 aliphatic carbocycles. The van der Waals surface area contributed by atoms with Crippen LogP contribution in [0.5, 0.6) is 0 Å². The summed E-state index contributed by atoms with van der Waals surface area (Å²) in [7, 11) is 0. The van der Waals surface area contributed by atoms with Gasteiger partial charge in [-0.3, -0.25) is 0 Å². The molecule has 2 rings (SSSR count). The van der Waals surface area contributed by atoms with Crippen molar-refractivity contribution in [2.75, 3.05) is 0 Å². The van der Waals surface area contributed by atoms with E-state index < -0.39 is 0 Å². The standard InChI is InChI=1S/C10H14N3.BrH/c1-3-9-7-12(4-2)10-5-6-11-8-13(9)10;/h5-8H,3-4H2,1-2H3;1H/q+1;/p-1. The van der Waals surface area contributed by atoms with Crippen molar-refractivity contribution < 1.29 is 21.5 Å². The molecule has 0 N–H and O–H groups in total. The highest BCUT2D eigenvalue weighted by Gasteiger charge is 2.12. The lowest BCUT2D eigenvalue weighted by molar-refractivity contribution is -0.667. The molecule has 0 radical (unpaired) electrons. The minimum atomic E-state index is 0. The van der Waals surface area contributed by atoms with Crippen LogP contribution >= 0.6 is 0 Å². The Labute approximate surface area is 94.2 Å². The van der Waals surface area contributed by atoms with E-state index in [0.29, 0.717) is 0 Å². The molecule has 2 aromatic heterocycles. The predicted octanol–water partition coefficient (Wildman–Crippen LogP) is -1.79. The average molecular weight is 256 g/mol. The van der Waals surface area contributed by atoms with E-state index in [1.165, 1.54) is 11.3 Å². The summed E-state index contributed by atoms with van der Waals surface area (Å²) in [5, 5.41) is 0. The monoisotopic (exact) mass is 255 g/mol. The fourth-order valence-electron chi connectivity index (χ4n) is 1.63. The molecule has 0 saturated heterocycles. The van der Waals surface area contributed by atoms with Crippen LogP contribution in [0.3, 0.4) is 0 Å². The topological polar surface area (TPSA) is 21.2 Å². The van der Waals surface area contributed by atoms with E-state index in [-0.39, 0.29) is 17.0 Å². The molecule has 0 aromatic carbocycles. The van der Waals surface area contributed by atoms with Gasteiger partial charge in [0.1, 0.15) is 11.9 Å². The van der Waals surface area contributed by atoms with Gasteiger partial charge in [-0.15, -0.1) is 0 Å². The third-order valence-corrected chi connectivity index (χ3v) is 2.35. The molecular weight excluding hydrogens is 242 g/mol. The maximum absolute atomic E-state index is 4.12. The second-order valence-corrected chi connectivity index (χ2v) is 3.07. The Bertz CT molecular complexity index is 384. The van der Waals surface area contributed by atoms with Crippen LogP contribution in [-0.4, -0.2) is 9.38 Å². The van der Waals surface area contributed by atoms with E-state index in [4.69, 9.17) is 0 Å². The molecular formula is C10H14BrN3. The van der Waals surface area contributed by atoms with Crippen LogP contribution in [-0.2, 0) is 13.0 Å². The SMILES string of the molecule is CCc1c[n+](CC)c2ccncn12.[Br-]. The second-order valence-electron chi connectivity index (χ2n) is 3.07. The number of fused-ring (bicyclic) bond motifs is 1. The molecule has 4 heteroatoms. The van der Waals surface area contributed by atoms with Gasteiger partial charge in [0.05, 0.1) is 6.54 Å². The summed E-state index contributed by atoms with van der Waals surface area (Å²) in [5.74, 6) is 0. The summed E-state index contributed by atoms with van der Waals surface area (Å²) < 4.78 is 4.38. The van der Waals surface area contributed by atoms with Crippen LogP contribution in [0.25, 0.3) is 5.65 Å². The minimum Gasteiger partial charge on any atom is -1.00 e. The van der Waals surface area contributed by atoms with Crippen LogP contribution in [0.2, 0.25) is 0 Å². The van der Waals surface area contributed by atoms with E-state index in [0.717, 1.165) is 13.0 Å². The van der Waals surface area contributed by atoms with Crippen LogP contribution in [0, 0.1) is 0 Å². The van der Waals surface area contributed by atoms with Crippen molar-refractivity contribution in [3.63, 3.8) is 0 Å². The normalized spacial score (nSPS) is 10.1. The Kier molecular flexibility index (Phi) is 3.63. The first-order chi connectivity index (χ1) is 6.36. The Morgan fingerprint density at radius 3 is 2.86 bits per heavy atom. The molecule has 2 heterocycles. The van der Waals surface area contributed by atoms with Gasteiger partial charge in [-0.1, -0.05) is 6.92 Å². The van der Waals surface area contributed by atoms with Crippen molar-refractivity contribution in [3.8, 4) is 0 Å². The number of nitrogens with zero attached hydrogens (tertiary/aromatic N) is 3. The van der Waals surface area contributed by atoms with E-state index in [2.05, 4.69) is 34.0 Å². The van der Waals surface area contributed by atoms with Crippen molar-refractivity contribution in [1.82, 2.24) is 9.38 Å². The minimum absolute atomic E-state index is 0. The second kappa shape index (κ2) is 4.55.